The van der Waals surface area contributed by atoms with E-state index >= 15 is 0 Å². The Kier molecular flexibility index (Phi) is 3.75. The van der Waals surface area contributed by atoms with E-state index in [1.807, 2.05) is 19.2 Å². The molecule has 1 aromatic rings. The van der Waals surface area contributed by atoms with Crippen LogP contribution >= 0.6 is 11.3 Å². The van der Waals surface area contributed by atoms with Gasteiger partial charge < -0.3 is 15.3 Å². The van der Waals surface area contributed by atoms with Crippen LogP contribution in [0.1, 0.15) is 31.7 Å². The second-order valence-corrected chi connectivity index (χ2v) is 5.98. The fraction of sp³-hybridized carbons (Fsp3) is 0.583. The normalized spacial score (nSPS) is 19.5. The molecule has 2 amide bonds. The third-order valence-corrected chi connectivity index (χ3v) is 4.28. The SMILES string of the molecule is CC(C)(NC(=O)N1CCCC1C(=O)O)c1nccs1. The van der Waals surface area contributed by atoms with Crippen molar-refractivity contribution in [1.82, 2.24) is 15.2 Å². The molecule has 0 aliphatic carbocycles. The maximum absolute atomic E-state index is 12.2. The molecule has 104 valence electrons. The van der Waals surface area contributed by atoms with Crippen LogP contribution in [-0.4, -0.2) is 39.6 Å². The van der Waals surface area contributed by atoms with Gasteiger partial charge in [-0.2, -0.15) is 0 Å². The van der Waals surface area contributed by atoms with Crippen molar-refractivity contribution in [3.05, 3.63) is 16.6 Å². The molecule has 1 atom stereocenters. The topological polar surface area (TPSA) is 82.5 Å². The molecule has 2 rings (SSSR count). The quantitative estimate of drug-likeness (QED) is 0.883. The molecule has 0 saturated carbocycles. The zero-order chi connectivity index (χ0) is 14.0. The molecule has 0 radical (unpaired) electrons. The monoisotopic (exact) mass is 283 g/mol. The van der Waals surface area contributed by atoms with Crippen LogP contribution in [0, 0.1) is 0 Å². The molecule has 2 N–H and O–H groups in total. The van der Waals surface area contributed by atoms with Crippen molar-refractivity contribution in [3.8, 4) is 0 Å². The van der Waals surface area contributed by atoms with E-state index < -0.39 is 17.6 Å². The lowest BCUT2D eigenvalue weighted by atomic mass is 10.1. The number of rotatable bonds is 3. The average Bonchev–Trinajstić information content (AvgIpc) is 3.00. The van der Waals surface area contributed by atoms with Gasteiger partial charge in [-0.3, -0.25) is 0 Å². The van der Waals surface area contributed by atoms with E-state index in [2.05, 4.69) is 10.3 Å². The van der Waals surface area contributed by atoms with Gasteiger partial charge in [-0.25, -0.2) is 14.6 Å². The van der Waals surface area contributed by atoms with Crippen LogP contribution in [0.2, 0.25) is 0 Å². The highest BCUT2D eigenvalue weighted by Crippen LogP contribution is 2.24. The standard InChI is InChI=1S/C12H17N3O3S/c1-12(2,10-13-5-7-19-10)14-11(18)15-6-3-4-8(15)9(16)17/h5,7-8H,3-4,6H2,1-2H3,(H,14,18)(H,16,17). The fourth-order valence-electron chi connectivity index (χ4n) is 2.19. The maximum Gasteiger partial charge on any atom is 0.326 e. The highest BCUT2D eigenvalue weighted by atomic mass is 32.1. The number of likely N-dealkylation sites (tertiary alicyclic amines) is 1. The minimum Gasteiger partial charge on any atom is -0.480 e. The number of amides is 2. The van der Waals surface area contributed by atoms with Crippen LogP contribution in [0.4, 0.5) is 4.79 Å². The van der Waals surface area contributed by atoms with Crippen LogP contribution in [-0.2, 0) is 10.3 Å². The van der Waals surface area contributed by atoms with E-state index in [1.54, 1.807) is 6.20 Å². The van der Waals surface area contributed by atoms with Crippen molar-refractivity contribution in [3.63, 3.8) is 0 Å². The molecule has 1 saturated heterocycles. The molecule has 1 unspecified atom stereocenters. The van der Waals surface area contributed by atoms with Gasteiger partial charge in [0, 0.05) is 18.1 Å². The Balaban J connectivity index is 2.07. The molecule has 0 spiro atoms. The molecule has 6 nitrogen and oxygen atoms in total. The van der Waals surface area contributed by atoms with Crippen LogP contribution in [0.3, 0.4) is 0 Å². The molecule has 7 heteroatoms. The summed E-state index contributed by atoms with van der Waals surface area (Å²) < 4.78 is 0. The number of hydrogen-bond donors (Lipinski definition) is 2. The van der Waals surface area contributed by atoms with Crippen molar-refractivity contribution in [2.45, 2.75) is 38.3 Å². The summed E-state index contributed by atoms with van der Waals surface area (Å²) in [5.41, 5.74) is -0.600. The first kappa shape index (κ1) is 13.8. The first-order valence-corrected chi connectivity index (χ1v) is 7.01. The van der Waals surface area contributed by atoms with Gasteiger partial charge in [0.05, 0.1) is 5.54 Å². The van der Waals surface area contributed by atoms with Gasteiger partial charge >= 0.3 is 12.0 Å². The second-order valence-electron chi connectivity index (χ2n) is 5.08. The van der Waals surface area contributed by atoms with Crippen LogP contribution in [0.15, 0.2) is 11.6 Å². The Hall–Kier alpha value is -1.63. The predicted octanol–water partition coefficient (Wildman–Crippen LogP) is 1.64. The van der Waals surface area contributed by atoms with Gasteiger partial charge in [-0.05, 0) is 26.7 Å². The molecule has 0 aromatic carbocycles. The molecule has 19 heavy (non-hydrogen) atoms. The van der Waals surface area contributed by atoms with E-state index in [1.165, 1.54) is 16.2 Å². The number of aliphatic carboxylic acids is 1. The van der Waals surface area contributed by atoms with E-state index in [9.17, 15) is 9.59 Å². The lowest BCUT2D eigenvalue weighted by Crippen LogP contribution is -2.51. The molecule has 1 fully saturated rings. The van der Waals surface area contributed by atoms with E-state index in [0.29, 0.717) is 13.0 Å². The lowest BCUT2D eigenvalue weighted by Gasteiger charge is -2.29. The third-order valence-electron chi connectivity index (χ3n) is 3.19. The second kappa shape index (κ2) is 5.16. The number of hydrogen-bond acceptors (Lipinski definition) is 4. The Morgan fingerprint density at radius 3 is 2.89 bits per heavy atom. The van der Waals surface area contributed by atoms with Gasteiger partial charge in [0.2, 0.25) is 0 Å². The number of carboxylic acids is 1. The highest BCUT2D eigenvalue weighted by Gasteiger charge is 2.36. The Bertz CT molecular complexity index is 473. The van der Waals surface area contributed by atoms with Gasteiger partial charge in [-0.1, -0.05) is 0 Å². The molecule has 0 bridgehead atoms. The zero-order valence-electron chi connectivity index (χ0n) is 10.9. The summed E-state index contributed by atoms with van der Waals surface area (Å²) in [5.74, 6) is -0.945. The van der Waals surface area contributed by atoms with Gasteiger partial charge in [0.15, 0.2) is 0 Å². The smallest absolute Gasteiger partial charge is 0.326 e. The molecular weight excluding hydrogens is 266 g/mol. The lowest BCUT2D eigenvalue weighted by molar-refractivity contribution is -0.141. The van der Waals surface area contributed by atoms with Crippen LogP contribution in [0.5, 0.6) is 0 Å². The van der Waals surface area contributed by atoms with E-state index in [4.69, 9.17) is 5.11 Å². The highest BCUT2D eigenvalue weighted by molar-refractivity contribution is 7.09. The first-order chi connectivity index (χ1) is 8.92. The summed E-state index contributed by atoms with van der Waals surface area (Å²) in [6.07, 6.45) is 2.92. The van der Waals surface area contributed by atoms with Crippen molar-refractivity contribution in [2.24, 2.45) is 0 Å². The molecule has 1 aliphatic rings. The number of nitrogens with one attached hydrogen (secondary N) is 1. The predicted molar refractivity (Wildman–Crippen MR) is 71.0 cm³/mol. The summed E-state index contributed by atoms with van der Waals surface area (Å²) >= 11 is 1.46. The van der Waals surface area contributed by atoms with Crippen molar-refractivity contribution in [2.75, 3.05) is 6.54 Å². The number of aromatic nitrogens is 1. The minimum absolute atomic E-state index is 0.342. The summed E-state index contributed by atoms with van der Waals surface area (Å²) in [6.45, 7) is 4.20. The van der Waals surface area contributed by atoms with Gasteiger partial charge in [0.1, 0.15) is 11.0 Å². The number of carbonyl (C=O) groups is 2. The Morgan fingerprint density at radius 1 is 1.58 bits per heavy atom. The third kappa shape index (κ3) is 2.86. The summed E-state index contributed by atoms with van der Waals surface area (Å²) in [4.78, 5) is 28.9. The maximum atomic E-state index is 12.2. The van der Waals surface area contributed by atoms with Crippen molar-refractivity contribution in [1.29, 1.82) is 0 Å². The fourth-order valence-corrected chi connectivity index (χ4v) is 2.91. The number of urea groups is 1. The Labute approximate surface area is 115 Å². The summed E-state index contributed by atoms with van der Waals surface area (Å²) in [5, 5.41) is 14.6. The van der Waals surface area contributed by atoms with Crippen LogP contribution < -0.4 is 5.32 Å². The minimum atomic E-state index is -0.945. The molecule has 2 heterocycles. The first-order valence-electron chi connectivity index (χ1n) is 6.13. The molecule has 1 aromatic heterocycles. The van der Waals surface area contributed by atoms with E-state index in [0.717, 1.165) is 11.4 Å². The largest absolute Gasteiger partial charge is 0.480 e. The Morgan fingerprint density at radius 2 is 2.32 bits per heavy atom. The molecular formula is C12H17N3O3S. The number of carbonyl (C=O) groups excluding carboxylic acids is 1. The number of thiazole rings is 1. The average molecular weight is 283 g/mol. The molecule has 1 aliphatic heterocycles. The number of carboxylic acid groups (broad SMARTS) is 1. The van der Waals surface area contributed by atoms with Crippen molar-refractivity contribution >= 4 is 23.3 Å². The summed E-state index contributed by atoms with van der Waals surface area (Å²) in [7, 11) is 0. The number of nitrogens with zero attached hydrogens (tertiary/aromatic N) is 2. The van der Waals surface area contributed by atoms with Gasteiger partial charge in [0.25, 0.3) is 0 Å². The van der Waals surface area contributed by atoms with Crippen molar-refractivity contribution < 1.29 is 14.7 Å². The zero-order valence-corrected chi connectivity index (χ0v) is 11.7. The van der Waals surface area contributed by atoms with Gasteiger partial charge in [-0.15, -0.1) is 11.3 Å². The summed E-state index contributed by atoms with van der Waals surface area (Å²) in [6, 6.07) is -1.06. The van der Waals surface area contributed by atoms with Crippen LogP contribution in [0.25, 0.3) is 0 Å². The van der Waals surface area contributed by atoms with E-state index in [-0.39, 0.29) is 6.03 Å².